The van der Waals surface area contributed by atoms with Gasteiger partial charge in [-0.1, -0.05) is 37.6 Å². The lowest BCUT2D eigenvalue weighted by atomic mass is 10.0. The molecule has 1 atom stereocenters. The molecule has 28 heavy (non-hydrogen) atoms. The number of hydrogen-bond acceptors (Lipinski definition) is 3. The van der Waals surface area contributed by atoms with Crippen molar-refractivity contribution in [1.82, 2.24) is 15.5 Å². The van der Waals surface area contributed by atoms with Crippen LogP contribution in [0.15, 0.2) is 29.3 Å². The molecule has 0 spiro atoms. The van der Waals surface area contributed by atoms with Gasteiger partial charge in [-0.3, -0.25) is 9.79 Å². The van der Waals surface area contributed by atoms with Crippen LogP contribution in [0.4, 0.5) is 0 Å². The molecule has 0 bridgehead atoms. The summed E-state index contributed by atoms with van der Waals surface area (Å²) in [6.45, 7) is 8.07. The van der Waals surface area contributed by atoms with Gasteiger partial charge in [0.15, 0.2) is 5.96 Å². The van der Waals surface area contributed by atoms with E-state index in [4.69, 9.17) is 16.3 Å². The van der Waals surface area contributed by atoms with E-state index in [0.717, 1.165) is 31.9 Å². The molecule has 1 aliphatic rings. The molecule has 0 radical (unpaired) electrons. The lowest BCUT2D eigenvalue weighted by Crippen LogP contribution is -2.51. The van der Waals surface area contributed by atoms with Gasteiger partial charge in [-0.15, -0.1) is 24.0 Å². The summed E-state index contributed by atoms with van der Waals surface area (Å²) < 4.78 is 5.87. The van der Waals surface area contributed by atoms with E-state index in [1.165, 1.54) is 0 Å². The van der Waals surface area contributed by atoms with Crippen LogP contribution >= 0.6 is 35.6 Å². The maximum absolute atomic E-state index is 12.1. The van der Waals surface area contributed by atoms with Crippen molar-refractivity contribution in [2.75, 3.05) is 26.7 Å². The van der Waals surface area contributed by atoms with Gasteiger partial charge in [0.2, 0.25) is 5.91 Å². The van der Waals surface area contributed by atoms with E-state index in [1.807, 2.05) is 49.9 Å². The predicted octanol–water partition coefficient (Wildman–Crippen LogP) is 3.54. The third kappa shape index (κ3) is 7.66. The van der Waals surface area contributed by atoms with Crippen molar-refractivity contribution >= 4 is 47.4 Å². The number of piperidine rings is 1. The lowest BCUT2D eigenvalue weighted by Gasteiger charge is -2.34. The molecule has 1 unspecified atom stereocenters. The number of benzene rings is 1. The van der Waals surface area contributed by atoms with Crippen LogP contribution in [-0.4, -0.2) is 55.6 Å². The summed E-state index contributed by atoms with van der Waals surface area (Å²) >= 11 is 6.13. The van der Waals surface area contributed by atoms with Crippen LogP contribution in [0.25, 0.3) is 0 Å². The Bertz CT molecular complexity index is 649. The summed E-state index contributed by atoms with van der Waals surface area (Å²) in [6, 6.07) is 7.76. The van der Waals surface area contributed by atoms with Crippen LogP contribution < -0.4 is 15.4 Å². The molecule has 1 aliphatic heterocycles. The van der Waals surface area contributed by atoms with Crippen LogP contribution in [0.2, 0.25) is 5.02 Å². The number of guanidine groups is 1. The van der Waals surface area contributed by atoms with E-state index in [0.29, 0.717) is 23.4 Å². The first kappa shape index (κ1) is 24.8. The van der Waals surface area contributed by atoms with Gasteiger partial charge >= 0.3 is 0 Å². The second-order valence-corrected chi connectivity index (χ2v) is 7.62. The van der Waals surface area contributed by atoms with Crippen molar-refractivity contribution in [2.45, 2.75) is 45.8 Å². The van der Waals surface area contributed by atoms with Crippen molar-refractivity contribution in [3.8, 4) is 5.75 Å². The number of aliphatic imine (C=N–C) groups is 1. The number of hydrogen-bond donors (Lipinski definition) is 2. The van der Waals surface area contributed by atoms with Gasteiger partial charge in [-0.2, -0.15) is 0 Å². The molecule has 1 aromatic rings. The summed E-state index contributed by atoms with van der Waals surface area (Å²) in [7, 11) is 1.76. The zero-order valence-electron chi connectivity index (χ0n) is 17.1. The number of amides is 1. The fraction of sp³-hybridized carbons (Fsp3) is 0.600. The molecule has 1 saturated heterocycles. The zero-order chi connectivity index (χ0) is 19.8. The SMILES string of the molecule is CN=C(NCC(C)Oc1ccccc1Cl)NC1CCN(C(=O)C(C)C)CC1.I. The number of ether oxygens (including phenoxy) is 1. The Morgan fingerprint density at radius 2 is 1.93 bits per heavy atom. The average Bonchev–Trinajstić information content (AvgIpc) is 2.66. The Labute approximate surface area is 190 Å². The predicted molar refractivity (Wildman–Crippen MR) is 126 cm³/mol. The quantitative estimate of drug-likeness (QED) is 0.341. The normalized spacial score (nSPS) is 16.4. The molecule has 1 heterocycles. The molecule has 158 valence electrons. The number of carbonyl (C=O) groups is 1. The van der Waals surface area contributed by atoms with Crippen molar-refractivity contribution in [3.05, 3.63) is 29.3 Å². The minimum absolute atomic E-state index is 0. The smallest absolute Gasteiger partial charge is 0.225 e. The second kappa shape index (κ2) is 12.4. The molecule has 0 saturated carbocycles. The summed E-state index contributed by atoms with van der Waals surface area (Å²) in [6.07, 6.45) is 1.78. The standard InChI is InChI=1S/C20H31ClN4O2.HI/c1-14(2)19(26)25-11-9-16(10-12-25)24-20(22-4)23-13-15(3)27-18-8-6-5-7-17(18)21;/h5-8,14-16H,9-13H2,1-4H3,(H2,22,23,24);1H. The molecule has 1 fully saturated rings. The number of halogens is 2. The van der Waals surface area contributed by atoms with E-state index in [-0.39, 0.29) is 41.9 Å². The van der Waals surface area contributed by atoms with Gasteiger partial charge in [0.1, 0.15) is 11.9 Å². The molecule has 6 nitrogen and oxygen atoms in total. The van der Waals surface area contributed by atoms with Crippen molar-refractivity contribution in [1.29, 1.82) is 0 Å². The summed E-state index contributed by atoms with van der Waals surface area (Å²) in [4.78, 5) is 18.3. The topological polar surface area (TPSA) is 66.0 Å². The first-order valence-corrected chi connectivity index (χ1v) is 9.95. The number of carbonyl (C=O) groups excluding carboxylic acids is 1. The van der Waals surface area contributed by atoms with Crippen molar-refractivity contribution < 1.29 is 9.53 Å². The van der Waals surface area contributed by atoms with E-state index in [1.54, 1.807) is 7.05 Å². The second-order valence-electron chi connectivity index (χ2n) is 7.21. The molecular formula is C20H32ClIN4O2. The maximum atomic E-state index is 12.1. The first-order chi connectivity index (χ1) is 12.9. The summed E-state index contributed by atoms with van der Waals surface area (Å²) in [5.41, 5.74) is 0. The molecular weight excluding hydrogens is 491 g/mol. The van der Waals surface area contributed by atoms with Crippen LogP contribution in [0.1, 0.15) is 33.6 Å². The van der Waals surface area contributed by atoms with Gasteiger partial charge in [0, 0.05) is 32.1 Å². The van der Waals surface area contributed by atoms with Crippen LogP contribution in [-0.2, 0) is 4.79 Å². The summed E-state index contributed by atoms with van der Waals surface area (Å²) in [5, 5.41) is 7.35. The highest BCUT2D eigenvalue weighted by atomic mass is 127. The Kier molecular flexibility index (Phi) is 11.0. The Morgan fingerprint density at radius 3 is 2.50 bits per heavy atom. The van der Waals surface area contributed by atoms with E-state index < -0.39 is 0 Å². The molecule has 2 N–H and O–H groups in total. The fourth-order valence-corrected chi connectivity index (χ4v) is 3.22. The van der Waals surface area contributed by atoms with Crippen molar-refractivity contribution in [2.24, 2.45) is 10.9 Å². The maximum Gasteiger partial charge on any atom is 0.225 e. The Hall–Kier alpha value is -1.22. The number of likely N-dealkylation sites (tertiary alicyclic amines) is 1. The number of nitrogens with zero attached hydrogens (tertiary/aromatic N) is 2. The minimum atomic E-state index is -0.0611. The van der Waals surface area contributed by atoms with Crippen LogP contribution in [0.3, 0.4) is 0 Å². The molecule has 1 amide bonds. The van der Waals surface area contributed by atoms with E-state index >= 15 is 0 Å². The van der Waals surface area contributed by atoms with Gasteiger partial charge in [0.05, 0.1) is 11.6 Å². The Balaban J connectivity index is 0.00000392. The van der Waals surface area contributed by atoms with Crippen LogP contribution in [0.5, 0.6) is 5.75 Å². The Morgan fingerprint density at radius 1 is 1.29 bits per heavy atom. The largest absolute Gasteiger partial charge is 0.487 e. The number of rotatable bonds is 6. The highest BCUT2D eigenvalue weighted by Gasteiger charge is 2.24. The average molecular weight is 523 g/mol. The van der Waals surface area contributed by atoms with Crippen molar-refractivity contribution in [3.63, 3.8) is 0 Å². The third-order valence-electron chi connectivity index (χ3n) is 4.59. The highest BCUT2D eigenvalue weighted by molar-refractivity contribution is 14.0. The number of para-hydroxylation sites is 1. The van der Waals surface area contributed by atoms with Gasteiger partial charge in [0.25, 0.3) is 0 Å². The number of nitrogens with one attached hydrogen (secondary N) is 2. The first-order valence-electron chi connectivity index (χ1n) is 9.57. The molecule has 1 aromatic carbocycles. The lowest BCUT2D eigenvalue weighted by molar-refractivity contribution is -0.135. The van der Waals surface area contributed by atoms with Gasteiger partial charge < -0.3 is 20.3 Å². The monoisotopic (exact) mass is 522 g/mol. The molecule has 8 heteroatoms. The highest BCUT2D eigenvalue weighted by Crippen LogP contribution is 2.24. The van der Waals surface area contributed by atoms with Crippen LogP contribution in [0, 0.1) is 5.92 Å². The molecule has 0 aromatic heterocycles. The third-order valence-corrected chi connectivity index (χ3v) is 4.90. The van der Waals surface area contributed by atoms with E-state index in [2.05, 4.69) is 15.6 Å². The summed E-state index contributed by atoms with van der Waals surface area (Å²) in [5.74, 6) is 1.72. The van der Waals surface area contributed by atoms with Gasteiger partial charge in [-0.25, -0.2) is 0 Å². The molecule has 2 rings (SSSR count). The fourth-order valence-electron chi connectivity index (χ4n) is 3.04. The molecule has 0 aliphatic carbocycles. The van der Waals surface area contributed by atoms with E-state index in [9.17, 15) is 4.79 Å². The minimum Gasteiger partial charge on any atom is -0.487 e. The van der Waals surface area contributed by atoms with Gasteiger partial charge in [-0.05, 0) is 31.9 Å². The zero-order valence-corrected chi connectivity index (χ0v) is 20.2.